The van der Waals surface area contributed by atoms with Gasteiger partial charge in [0.1, 0.15) is 0 Å². The highest BCUT2D eigenvalue weighted by Crippen LogP contribution is 2.29. The first-order valence-electron chi connectivity index (χ1n) is 6.26. The minimum Gasteiger partial charge on any atom is -0.350 e. The summed E-state index contributed by atoms with van der Waals surface area (Å²) in [6.45, 7) is 4.28. The summed E-state index contributed by atoms with van der Waals surface area (Å²) in [6, 6.07) is 10.9. The van der Waals surface area contributed by atoms with Gasteiger partial charge in [-0.25, -0.2) is 0 Å². The van der Waals surface area contributed by atoms with Crippen LogP contribution in [0.5, 0.6) is 0 Å². The highest BCUT2D eigenvalue weighted by molar-refractivity contribution is 5.95. The second-order valence-corrected chi connectivity index (χ2v) is 4.95. The van der Waals surface area contributed by atoms with Gasteiger partial charge in [-0.2, -0.15) is 5.10 Å². The van der Waals surface area contributed by atoms with Crippen molar-refractivity contribution in [2.45, 2.75) is 19.9 Å². The average Bonchev–Trinajstić information content (AvgIpc) is 2.95. The largest absolute Gasteiger partial charge is 0.350 e. The standard InChI is InChI=1S/C15H17N3/c1-11(2)18-9-8-14(16-18)13-10-17(3)15-7-5-4-6-12(13)15/h4-11H,1-3H3. The number of nitrogens with zero attached hydrogens (tertiary/aromatic N) is 3. The van der Waals surface area contributed by atoms with Crippen LogP contribution in [-0.4, -0.2) is 14.3 Å². The molecule has 1 aromatic carbocycles. The van der Waals surface area contributed by atoms with Crippen LogP contribution >= 0.6 is 0 Å². The molecule has 0 bridgehead atoms. The zero-order valence-electron chi connectivity index (χ0n) is 11.0. The lowest BCUT2D eigenvalue weighted by atomic mass is 10.1. The second kappa shape index (κ2) is 4.02. The molecule has 3 rings (SSSR count). The van der Waals surface area contributed by atoms with Crippen LogP contribution < -0.4 is 0 Å². The van der Waals surface area contributed by atoms with Crippen LogP contribution in [0.1, 0.15) is 19.9 Å². The van der Waals surface area contributed by atoms with Gasteiger partial charge in [0.15, 0.2) is 0 Å². The first-order chi connectivity index (χ1) is 8.66. The minimum absolute atomic E-state index is 0.397. The van der Waals surface area contributed by atoms with E-state index in [0.717, 1.165) is 5.69 Å². The molecule has 18 heavy (non-hydrogen) atoms. The van der Waals surface area contributed by atoms with E-state index in [1.54, 1.807) is 0 Å². The quantitative estimate of drug-likeness (QED) is 0.669. The lowest BCUT2D eigenvalue weighted by Gasteiger charge is -2.03. The summed E-state index contributed by atoms with van der Waals surface area (Å²) in [5, 5.41) is 5.91. The van der Waals surface area contributed by atoms with Crippen molar-refractivity contribution in [3.05, 3.63) is 42.7 Å². The van der Waals surface area contributed by atoms with Crippen LogP contribution in [0.4, 0.5) is 0 Å². The van der Waals surface area contributed by atoms with E-state index in [9.17, 15) is 0 Å². The molecule has 0 spiro atoms. The Bertz CT molecular complexity index is 689. The number of para-hydroxylation sites is 1. The highest BCUT2D eigenvalue weighted by Gasteiger charge is 2.11. The molecule has 0 aliphatic rings. The zero-order chi connectivity index (χ0) is 12.7. The van der Waals surface area contributed by atoms with Crippen molar-refractivity contribution in [1.82, 2.24) is 14.3 Å². The molecular weight excluding hydrogens is 222 g/mol. The summed E-state index contributed by atoms with van der Waals surface area (Å²) in [5.74, 6) is 0. The first kappa shape index (κ1) is 11.1. The number of aromatic nitrogens is 3. The maximum Gasteiger partial charge on any atom is 0.0944 e. The van der Waals surface area contributed by atoms with E-state index in [1.165, 1.54) is 16.5 Å². The molecular formula is C15H17N3. The lowest BCUT2D eigenvalue weighted by molar-refractivity contribution is 0.534. The van der Waals surface area contributed by atoms with Crippen molar-refractivity contribution in [3.63, 3.8) is 0 Å². The highest BCUT2D eigenvalue weighted by atomic mass is 15.3. The van der Waals surface area contributed by atoms with Crippen molar-refractivity contribution < 1.29 is 0 Å². The Morgan fingerprint density at radius 2 is 1.89 bits per heavy atom. The van der Waals surface area contributed by atoms with Gasteiger partial charge in [0.05, 0.1) is 5.69 Å². The maximum atomic E-state index is 4.65. The number of benzene rings is 1. The van der Waals surface area contributed by atoms with Crippen molar-refractivity contribution in [2.75, 3.05) is 0 Å². The molecule has 2 heterocycles. The van der Waals surface area contributed by atoms with Gasteiger partial charge in [0, 0.05) is 41.9 Å². The Hall–Kier alpha value is -2.03. The maximum absolute atomic E-state index is 4.65. The van der Waals surface area contributed by atoms with Crippen molar-refractivity contribution in [3.8, 4) is 11.3 Å². The average molecular weight is 239 g/mol. The van der Waals surface area contributed by atoms with E-state index in [1.807, 2.05) is 10.9 Å². The molecule has 2 aromatic heterocycles. The fraction of sp³-hybridized carbons (Fsp3) is 0.267. The predicted molar refractivity (Wildman–Crippen MR) is 74.5 cm³/mol. The third-order valence-corrected chi connectivity index (χ3v) is 3.31. The molecule has 0 saturated heterocycles. The van der Waals surface area contributed by atoms with Crippen LogP contribution in [0, 0.1) is 0 Å². The van der Waals surface area contributed by atoms with Crippen molar-refractivity contribution in [1.29, 1.82) is 0 Å². The van der Waals surface area contributed by atoms with Gasteiger partial charge in [0.25, 0.3) is 0 Å². The molecule has 0 atom stereocenters. The third kappa shape index (κ3) is 1.63. The normalized spacial score (nSPS) is 11.6. The van der Waals surface area contributed by atoms with E-state index in [4.69, 9.17) is 0 Å². The summed E-state index contributed by atoms with van der Waals surface area (Å²) < 4.78 is 4.15. The molecule has 0 amide bonds. The number of hydrogen-bond donors (Lipinski definition) is 0. The van der Waals surface area contributed by atoms with Gasteiger partial charge >= 0.3 is 0 Å². The molecule has 0 N–H and O–H groups in total. The third-order valence-electron chi connectivity index (χ3n) is 3.31. The summed E-state index contributed by atoms with van der Waals surface area (Å²) in [7, 11) is 2.07. The zero-order valence-corrected chi connectivity index (χ0v) is 11.0. The molecule has 0 aliphatic heterocycles. The molecule has 0 unspecified atom stereocenters. The summed E-state index contributed by atoms with van der Waals surface area (Å²) >= 11 is 0. The van der Waals surface area contributed by atoms with Gasteiger partial charge in [-0.3, -0.25) is 4.68 Å². The van der Waals surface area contributed by atoms with Gasteiger partial charge in [-0.15, -0.1) is 0 Å². The molecule has 3 nitrogen and oxygen atoms in total. The van der Waals surface area contributed by atoms with Crippen molar-refractivity contribution in [2.24, 2.45) is 7.05 Å². The summed E-state index contributed by atoms with van der Waals surface area (Å²) in [5.41, 5.74) is 3.49. The smallest absolute Gasteiger partial charge is 0.0944 e. The topological polar surface area (TPSA) is 22.8 Å². The molecule has 92 valence electrons. The Balaban J connectivity index is 2.19. The minimum atomic E-state index is 0.397. The number of rotatable bonds is 2. The van der Waals surface area contributed by atoms with Crippen LogP contribution in [-0.2, 0) is 7.05 Å². The van der Waals surface area contributed by atoms with Crippen LogP contribution in [0.3, 0.4) is 0 Å². The molecule has 0 aliphatic carbocycles. The van der Waals surface area contributed by atoms with Crippen LogP contribution in [0.15, 0.2) is 42.7 Å². The summed E-state index contributed by atoms with van der Waals surface area (Å²) in [6.07, 6.45) is 4.19. The second-order valence-electron chi connectivity index (χ2n) is 4.95. The molecule has 0 radical (unpaired) electrons. The van der Waals surface area contributed by atoms with Gasteiger partial charge in [-0.1, -0.05) is 18.2 Å². The summed E-state index contributed by atoms with van der Waals surface area (Å²) in [4.78, 5) is 0. The molecule has 0 saturated carbocycles. The molecule has 0 fully saturated rings. The Morgan fingerprint density at radius 3 is 2.61 bits per heavy atom. The van der Waals surface area contributed by atoms with E-state index < -0.39 is 0 Å². The monoisotopic (exact) mass is 239 g/mol. The van der Waals surface area contributed by atoms with Crippen molar-refractivity contribution >= 4 is 10.9 Å². The fourth-order valence-corrected chi connectivity index (χ4v) is 2.32. The number of aryl methyl sites for hydroxylation is 1. The van der Waals surface area contributed by atoms with E-state index in [2.05, 4.69) is 67.1 Å². The van der Waals surface area contributed by atoms with Gasteiger partial charge < -0.3 is 4.57 Å². The number of hydrogen-bond acceptors (Lipinski definition) is 1. The Kier molecular flexibility index (Phi) is 2.47. The predicted octanol–water partition coefficient (Wildman–Crippen LogP) is 3.62. The Morgan fingerprint density at radius 1 is 1.11 bits per heavy atom. The van der Waals surface area contributed by atoms with Crippen LogP contribution in [0.25, 0.3) is 22.2 Å². The first-order valence-corrected chi connectivity index (χ1v) is 6.26. The van der Waals surface area contributed by atoms with E-state index in [0.29, 0.717) is 6.04 Å². The van der Waals surface area contributed by atoms with Gasteiger partial charge in [0.2, 0.25) is 0 Å². The number of fused-ring (bicyclic) bond motifs is 1. The van der Waals surface area contributed by atoms with E-state index in [-0.39, 0.29) is 0 Å². The molecule has 3 heteroatoms. The lowest BCUT2D eigenvalue weighted by Crippen LogP contribution is -2.00. The fourth-order valence-electron chi connectivity index (χ4n) is 2.32. The van der Waals surface area contributed by atoms with Gasteiger partial charge in [-0.05, 0) is 26.0 Å². The Labute approximate surface area is 107 Å². The SMILES string of the molecule is CC(C)n1ccc(-c2cn(C)c3ccccc23)n1. The molecule has 3 aromatic rings. The van der Waals surface area contributed by atoms with Crippen LogP contribution in [0.2, 0.25) is 0 Å². The van der Waals surface area contributed by atoms with E-state index >= 15 is 0 Å².